The zero-order chi connectivity index (χ0) is 21.1. The fourth-order valence-electron chi connectivity index (χ4n) is 2.28. The minimum absolute atomic E-state index is 0.159. The fourth-order valence-corrected chi connectivity index (χ4v) is 2.49. The van der Waals surface area contributed by atoms with Gasteiger partial charge < -0.3 is 20.1 Å². The lowest BCUT2D eigenvalue weighted by Gasteiger charge is -2.09. The Bertz CT molecular complexity index is 864. The van der Waals surface area contributed by atoms with E-state index in [9.17, 15) is 9.59 Å². The minimum atomic E-state index is -0.354. The Hall–Kier alpha value is -3.23. The molecule has 0 aliphatic rings. The van der Waals surface area contributed by atoms with Gasteiger partial charge in [-0.2, -0.15) is 0 Å². The van der Waals surface area contributed by atoms with Crippen molar-refractivity contribution in [1.82, 2.24) is 10.6 Å². The molecule has 0 aliphatic heterocycles. The lowest BCUT2D eigenvalue weighted by Crippen LogP contribution is -2.32. The highest BCUT2D eigenvalue weighted by atomic mass is 32.1. The molecule has 2 rings (SSSR count). The van der Waals surface area contributed by atoms with Gasteiger partial charge in [-0.15, -0.1) is 0 Å². The zero-order valence-corrected chi connectivity index (χ0v) is 17.0. The second-order valence-electron chi connectivity index (χ2n) is 5.88. The Morgan fingerprint density at radius 3 is 2.34 bits per heavy atom. The predicted octanol–water partition coefficient (Wildman–Crippen LogP) is 2.60. The van der Waals surface area contributed by atoms with Gasteiger partial charge in [0.2, 0.25) is 5.91 Å². The number of thiocarbonyl (C=S) groups is 1. The van der Waals surface area contributed by atoms with E-state index in [0.29, 0.717) is 24.4 Å². The van der Waals surface area contributed by atoms with Crippen molar-refractivity contribution in [3.05, 3.63) is 65.7 Å². The van der Waals surface area contributed by atoms with E-state index >= 15 is 0 Å². The van der Waals surface area contributed by atoms with Crippen LogP contribution in [0.4, 0.5) is 5.69 Å². The van der Waals surface area contributed by atoms with Gasteiger partial charge in [0.1, 0.15) is 5.75 Å². The number of methoxy groups -OCH3 is 2. The molecule has 2 amide bonds. The number of ether oxygens (including phenoxy) is 2. The molecule has 7 nitrogen and oxygen atoms in total. The molecule has 152 valence electrons. The predicted molar refractivity (Wildman–Crippen MR) is 117 cm³/mol. The number of anilines is 1. The lowest BCUT2D eigenvalue weighted by molar-refractivity contribution is -0.115. The first-order valence-corrected chi connectivity index (χ1v) is 9.24. The van der Waals surface area contributed by atoms with Crippen LogP contribution in [0.1, 0.15) is 15.9 Å². The number of nitrogens with one attached hydrogen (secondary N) is 3. The summed E-state index contributed by atoms with van der Waals surface area (Å²) in [6, 6.07) is 14.0. The van der Waals surface area contributed by atoms with E-state index in [1.54, 1.807) is 44.6 Å². The quantitative estimate of drug-likeness (QED) is 0.350. The lowest BCUT2D eigenvalue weighted by atomic mass is 10.2. The van der Waals surface area contributed by atoms with Crippen LogP contribution in [0.5, 0.6) is 5.75 Å². The van der Waals surface area contributed by atoms with E-state index in [0.717, 1.165) is 11.3 Å². The number of carbonyl (C=O) groups excluding carboxylic acids is 2. The zero-order valence-electron chi connectivity index (χ0n) is 16.2. The molecular weight excluding hydrogens is 390 g/mol. The first kappa shape index (κ1) is 22.1. The van der Waals surface area contributed by atoms with Crippen molar-refractivity contribution < 1.29 is 19.1 Å². The highest BCUT2D eigenvalue weighted by Gasteiger charge is 2.06. The summed E-state index contributed by atoms with van der Waals surface area (Å²) < 4.78 is 9.98. The molecule has 0 fully saturated rings. The average Bonchev–Trinajstić information content (AvgIpc) is 2.73. The van der Waals surface area contributed by atoms with Crippen molar-refractivity contribution in [1.29, 1.82) is 0 Å². The summed E-state index contributed by atoms with van der Waals surface area (Å²) in [5.74, 6) is 0.205. The molecule has 0 spiro atoms. The van der Waals surface area contributed by atoms with Gasteiger partial charge in [0.05, 0.1) is 13.7 Å². The van der Waals surface area contributed by atoms with E-state index < -0.39 is 0 Å². The molecule has 29 heavy (non-hydrogen) atoms. The normalized spacial score (nSPS) is 10.4. The van der Waals surface area contributed by atoms with Gasteiger partial charge in [-0.1, -0.05) is 12.1 Å². The van der Waals surface area contributed by atoms with Gasteiger partial charge in [-0.3, -0.25) is 14.9 Å². The van der Waals surface area contributed by atoms with Crippen LogP contribution in [-0.2, 0) is 9.53 Å². The van der Waals surface area contributed by atoms with Gasteiger partial charge in [0, 0.05) is 31.0 Å². The van der Waals surface area contributed by atoms with Gasteiger partial charge in [0.15, 0.2) is 5.11 Å². The maximum absolute atomic E-state index is 12.0. The van der Waals surface area contributed by atoms with Crippen molar-refractivity contribution >= 4 is 40.9 Å². The number of hydrogen-bond acceptors (Lipinski definition) is 5. The summed E-state index contributed by atoms with van der Waals surface area (Å²) in [7, 11) is 3.17. The van der Waals surface area contributed by atoms with Gasteiger partial charge >= 0.3 is 0 Å². The van der Waals surface area contributed by atoms with Crippen LogP contribution < -0.4 is 20.7 Å². The second kappa shape index (κ2) is 11.6. The van der Waals surface area contributed by atoms with Crippen LogP contribution in [0.2, 0.25) is 0 Å². The van der Waals surface area contributed by atoms with Crippen LogP contribution in [0.25, 0.3) is 6.08 Å². The molecule has 0 atom stereocenters. The number of benzene rings is 2. The number of rotatable bonds is 8. The first-order valence-electron chi connectivity index (χ1n) is 8.83. The van der Waals surface area contributed by atoms with E-state index in [4.69, 9.17) is 21.7 Å². The highest BCUT2D eigenvalue weighted by Crippen LogP contribution is 2.12. The largest absolute Gasteiger partial charge is 0.497 e. The van der Waals surface area contributed by atoms with Crippen LogP contribution in [0.15, 0.2) is 54.6 Å². The van der Waals surface area contributed by atoms with E-state index in [1.807, 2.05) is 24.3 Å². The van der Waals surface area contributed by atoms with Crippen LogP contribution in [0, 0.1) is 0 Å². The van der Waals surface area contributed by atoms with Gasteiger partial charge in [0.25, 0.3) is 5.91 Å². The standard InChI is InChI=1S/C21H23N3O4S/c1-27-14-13-22-20(26)16-6-8-17(9-7-16)23-21(29)24-19(25)12-5-15-3-10-18(28-2)11-4-15/h3-12H,13-14H2,1-2H3,(H,22,26)(H2,23,24,25,29)/b12-5+. The molecule has 0 bridgehead atoms. The topological polar surface area (TPSA) is 88.7 Å². The molecule has 0 saturated carbocycles. The van der Waals surface area contributed by atoms with Crippen molar-refractivity contribution in [2.24, 2.45) is 0 Å². The number of amides is 2. The van der Waals surface area contributed by atoms with Gasteiger partial charge in [-0.25, -0.2) is 0 Å². The van der Waals surface area contributed by atoms with Crippen molar-refractivity contribution in [3.8, 4) is 5.75 Å². The fraction of sp³-hybridized carbons (Fsp3) is 0.190. The molecule has 2 aromatic carbocycles. The van der Waals surface area contributed by atoms with E-state index in [1.165, 1.54) is 6.08 Å². The Morgan fingerprint density at radius 2 is 1.72 bits per heavy atom. The summed E-state index contributed by atoms with van der Waals surface area (Å²) in [5, 5.41) is 8.37. The molecule has 0 saturated heterocycles. The van der Waals surface area contributed by atoms with Gasteiger partial charge in [-0.05, 0) is 60.3 Å². The molecule has 0 aromatic heterocycles. The third kappa shape index (κ3) is 7.73. The third-order valence-electron chi connectivity index (χ3n) is 3.78. The number of carbonyl (C=O) groups is 2. The molecular formula is C21H23N3O4S. The summed E-state index contributed by atoms with van der Waals surface area (Å²) in [4.78, 5) is 23.9. The summed E-state index contributed by atoms with van der Waals surface area (Å²) in [5.41, 5.74) is 2.03. The molecule has 0 radical (unpaired) electrons. The van der Waals surface area contributed by atoms with Crippen LogP contribution in [0.3, 0.4) is 0 Å². The minimum Gasteiger partial charge on any atom is -0.497 e. The smallest absolute Gasteiger partial charge is 0.251 e. The molecule has 8 heteroatoms. The van der Waals surface area contributed by atoms with Crippen molar-refractivity contribution in [3.63, 3.8) is 0 Å². The number of hydrogen-bond donors (Lipinski definition) is 3. The highest BCUT2D eigenvalue weighted by molar-refractivity contribution is 7.80. The molecule has 0 aliphatic carbocycles. The van der Waals surface area contributed by atoms with Crippen LogP contribution in [-0.4, -0.2) is 44.3 Å². The summed E-state index contributed by atoms with van der Waals surface area (Å²) in [6.07, 6.45) is 3.07. The molecule has 2 aromatic rings. The van der Waals surface area contributed by atoms with Crippen LogP contribution >= 0.6 is 12.2 Å². The molecule has 0 unspecified atom stereocenters. The molecule has 3 N–H and O–H groups in total. The summed E-state index contributed by atoms with van der Waals surface area (Å²) in [6.45, 7) is 0.891. The van der Waals surface area contributed by atoms with Crippen molar-refractivity contribution in [2.75, 3.05) is 32.7 Å². The Balaban J connectivity index is 1.82. The van der Waals surface area contributed by atoms with E-state index in [2.05, 4.69) is 16.0 Å². The maximum Gasteiger partial charge on any atom is 0.251 e. The molecule has 0 heterocycles. The SMILES string of the molecule is COCCNC(=O)c1ccc(NC(=S)NC(=O)/C=C/c2ccc(OC)cc2)cc1. The first-order chi connectivity index (χ1) is 14.0. The Kier molecular flexibility index (Phi) is 8.81. The Labute approximate surface area is 175 Å². The maximum atomic E-state index is 12.0. The summed E-state index contributed by atoms with van der Waals surface area (Å²) >= 11 is 5.14. The van der Waals surface area contributed by atoms with Crippen molar-refractivity contribution in [2.45, 2.75) is 0 Å². The second-order valence-corrected chi connectivity index (χ2v) is 6.28. The van der Waals surface area contributed by atoms with E-state index in [-0.39, 0.29) is 16.9 Å². The monoisotopic (exact) mass is 413 g/mol. The Morgan fingerprint density at radius 1 is 1.03 bits per heavy atom. The average molecular weight is 413 g/mol. The third-order valence-corrected chi connectivity index (χ3v) is 3.98.